The highest BCUT2D eigenvalue weighted by molar-refractivity contribution is 5.58. The van der Waals surface area contributed by atoms with Gasteiger partial charge in [0.15, 0.2) is 0 Å². The predicted molar refractivity (Wildman–Crippen MR) is 18.8 cm³/mol. The summed E-state index contributed by atoms with van der Waals surface area (Å²) >= 11 is 0. The van der Waals surface area contributed by atoms with Gasteiger partial charge in [0.25, 0.3) is 0 Å². The van der Waals surface area contributed by atoms with Crippen molar-refractivity contribution in [1.29, 1.82) is 0 Å². The van der Waals surface area contributed by atoms with Crippen LogP contribution in [0.15, 0.2) is 0 Å². The Morgan fingerprint density at radius 3 is 2.43 bits per heavy atom. The first-order valence-corrected chi connectivity index (χ1v) is 1.42. The lowest BCUT2D eigenvalue weighted by atomic mass is 11.4. The van der Waals surface area contributed by atoms with Gasteiger partial charge in [0.1, 0.15) is 0 Å². The maximum absolute atomic E-state index is 9.72. The number of nitrogens with two attached hydrogens (primary N) is 1. The maximum atomic E-state index is 9.72. The molecule has 0 heterocycles. The summed E-state index contributed by atoms with van der Waals surface area (Å²) in [6, 6.07) is 0. The number of hydrogen-bond donors (Lipinski definition) is 1. The van der Waals surface area contributed by atoms with Crippen molar-refractivity contribution >= 4 is 6.16 Å². The van der Waals surface area contributed by atoms with E-state index in [0.29, 0.717) is 0 Å². The monoisotopic (exact) mass is 107 g/mol. The molecule has 0 atom stereocenters. The third-order valence-electron chi connectivity index (χ3n) is 0.248. The molecule has 0 aromatic heterocycles. The van der Waals surface area contributed by atoms with Crippen LogP contribution in [-0.4, -0.2) is 13.3 Å². The van der Waals surface area contributed by atoms with Crippen molar-refractivity contribution in [2.24, 2.45) is 5.90 Å². The van der Waals surface area contributed by atoms with Gasteiger partial charge in [-0.2, -0.15) is 15.6 Å². The van der Waals surface area contributed by atoms with Crippen LogP contribution in [0.3, 0.4) is 0 Å². The predicted octanol–water partition coefficient (Wildman–Crippen LogP) is -0.425. The summed E-state index contributed by atoms with van der Waals surface area (Å²) in [6.45, 7) is 0. The van der Waals surface area contributed by atoms with Crippen molar-refractivity contribution in [3.63, 3.8) is 0 Å². The standard InChI is InChI=1S/C2H5NO4/c1-5-7-2(4)6-3/h3H2,1H3. The van der Waals surface area contributed by atoms with Gasteiger partial charge < -0.3 is 4.84 Å². The fraction of sp³-hybridized carbons (Fsp3) is 0.500. The zero-order valence-corrected chi connectivity index (χ0v) is 3.71. The largest absolute Gasteiger partial charge is 0.560 e. The molecule has 0 saturated carbocycles. The Kier molecular flexibility index (Phi) is 2.99. The molecular formula is C2H5NO4. The van der Waals surface area contributed by atoms with Crippen LogP contribution >= 0.6 is 0 Å². The van der Waals surface area contributed by atoms with Crippen molar-refractivity contribution in [1.82, 2.24) is 0 Å². The SMILES string of the molecule is COOC(=O)ON. The number of hydrogen-bond acceptors (Lipinski definition) is 5. The first-order chi connectivity index (χ1) is 3.31. The van der Waals surface area contributed by atoms with E-state index >= 15 is 0 Å². The topological polar surface area (TPSA) is 70.8 Å². The molecule has 2 N–H and O–H groups in total. The van der Waals surface area contributed by atoms with Crippen molar-refractivity contribution in [3.8, 4) is 0 Å². The minimum Gasteiger partial charge on any atom is -0.339 e. The fourth-order valence-corrected chi connectivity index (χ4v) is 0.0877. The van der Waals surface area contributed by atoms with E-state index in [1.54, 1.807) is 0 Å². The second kappa shape index (κ2) is 3.38. The summed E-state index contributed by atoms with van der Waals surface area (Å²) in [6.07, 6.45) is -1.07. The fourth-order valence-electron chi connectivity index (χ4n) is 0.0877. The van der Waals surface area contributed by atoms with Crippen LogP contribution in [0.2, 0.25) is 0 Å². The molecule has 0 fully saturated rings. The van der Waals surface area contributed by atoms with E-state index in [2.05, 4.69) is 20.5 Å². The molecule has 0 aliphatic heterocycles. The second-order valence-corrected chi connectivity index (χ2v) is 0.618. The van der Waals surface area contributed by atoms with Crippen molar-refractivity contribution < 1.29 is 19.4 Å². The number of rotatable bonds is 1. The van der Waals surface area contributed by atoms with E-state index in [4.69, 9.17) is 0 Å². The van der Waals surface area contributed by atoms with Crippen LogP contribution in [0.1, 0.15) is 0 Å². The summed E-state index contributed by atoms with van der Waals surface area (Å²) < 4.78 is 0. The van der Waals surface area contributed by atoms with Gasteiger partial charge in [0.2, 0.25) is 0 Å². The number of carbonyl (C=O) groups excluding carboxylic acids is 1. The lowest BCUT2D eigenvalue weighted by Crippen LogP contribution is -2.10. The average molecular weight is 107 g/mol. The van der Waals surface area contributed by atoms with Crippen LogP contribution in [0.25, 0.3) is 0 Å². The van der Waals surface area contributed by atoms with Crippen LogP contribution in [0.5, 0.6) is 0 Å². The van der Waals surface area contributed by atoms with Crippen molar-refractivity contribution in [2.45, 2.75) is 0 Å². The Morgan fingerprint density at radius 2 is 2.29 bits per heavy atom. The number of carbonyl (C=O) groups is 1. The molecule has 0 bridgehead atoms. The third-order valence-corrected chi connectivity index (χ3v) is 0.248. The van der Waals surface area contributed by atoms with Gasteiger partial charge in [0.05, 0.1) is 7.11 Å². The quantitative estimate of drug-likeness (QED) is 0.363. The smallest absolute Gasteiger partial charge is 0.339 e. The molecule has 5 heteroatoms. The molecule has 0 rings (SSSR count). The lowest BCUT2D eigenvalue weighted by molar-refractivity contribution is -0.232. The molecule has 0 aliphatic carbocycles. The maximum Gasteiger partial charge on any atom is 0.560 e. The summed E-state index contributed by atoms with van der Waals surface area (Å²) in [5, 5.41) is 0. The summed E-state index contributed by atoms with van der Waals surface area (Å²) in [7, 11) is 1.16. The highest BCUT2D eigenvalue weighted by Gasteiger charge is 1.96. The van der Waals surface area contributed by atoms with Gasteiger partial charge in [-0.1, -0.05) is 0 Å². The molecular weight excluding hydrogens is 102 g/mol. The molecule has 0 saturated heterocycles. The van der Waals surface area contributed by atoms with Crippen molar-refractivity contribution in [2.75, 3.05) is 7.11 Å². The highest BCUT2D eigenvalue weighted by Crippen LogP contribution is 1.75. The third kappa shape index (κ3) is 3.01. The lowest BCUT2D eigenvalue weighted by Gasteiger charge is -1.91. The van der Waals surface area contributed by atoms with E-state index in [1.165, 1.54) is 0 Å². The van der Waals surface area contributed by atoms with Gasteiger partial charge in [-0.25, -0.2) is 0 Å². The van der Waals surface area contributed by atoms with Crippen LogP contribution in [0.4, 0.5) is 4.79 Å². The van der Waals surface area contributed by atoms with Gasteiger partial charge in [-0.15, -0.1) is 0 Å². The highest BCUT2D eigenvalue weighted by atomic mass is 17.2. The molecule has 0 unspecified atom stereocenters. The molecule has 0 amide bonds. The van der Waals surface area contributed by atoms with E-state index < -0.39 is 6.16 Å². The minimum atomic E-state index is -1.07. The van der Waals surface area contributed by atoms with Gasteiger partial charge >= 0.3 is 6.16 Å². The summed E-state index contributed by atoms with van der Waals surface area (Å²) in [5.74, 6) is 4.30. The van der Waals surface area contributed by atoms with E-state index in [9.17, 15) is 4.79 Å². The van der Waals surface area contributed by atoms with Gasteiger partial charge in [0, 0.05) is 0 Å². The first kappa shape index (κ1) is 6.19. The van der Waals surface area contributed by atoms with Crippen LogP contribution < -0.4 is 5.90 Å². The minimum absolute atomic E-state index is 1.07. The van der Waals surface area contributed by atoms with E-state index in [-0.39, 0.29) is 0 Å². The molecule has 0 aromatic rings. The van der Waals surface area contributed by atoms with E-state index in [0.717, 1.165) is 7.11 Å². The summed E-state index contributed by atoms with van der Waals surface area (Å²) in [5.41, 5.74) is 0. The van der Waals surface area contributed by atoms with Crippen LogP contribution in [-0.2, 0) is 14.6 Å². The zero-order chi connectivity index (χ0) is 5.70. The van der Waals surface area contributed by atoms with E-state index in [1.807, 2.05) is 0 Å². The Bertz CT molecular complexity index is 62.7. The van der Waals surface area contributed by atoms with Crippen molar-refractivity contribution in [3.05, 3.63) is 0 Å². The molecule has 0 aliphatic rings. The average Bonchev–Trinajstić information content (AvgIpc) is 1.68. The Labute approximate surface area is 39.8 Å². The zero-order valence-electron chi connectivity index (χ0n) is 3.71. The molecule has 0 aromatic carbocycles. The second-order valence-electron chi connectivity index (χ2n) is 0.618. The molecule has 42 valence electrons. The normalized spacial score (nSPS) is 7.71. The Hall–Kier alpha value is -0.810. The molecule has 0 radical (unpaired) electrons. The Morgan fingerprint density at radius 1 is 1.71 bits per heavy atom. The van der Waals surface area contributed by atoms with Gasteiger partial charge in [-0.3, -0.25) is 4.89 Å². The first-order valence-electron chi connectivity index (χ1n) is 1.42. The molecule has 7 heavy (non-hydrogen) atoms. The van der Waals surface area contributed by atoms with Gasteiger partial charge in [-0.05, 0) is 0 Å². The Balaban J connectivity index is 3.00. The molecule has 0 spiro atoms. The summed E-state index contributed by atoms with van der Waals surface area (Å²) in [4.78, 5) is 20.8. The molecule has 5 nitrogen and oxygen atoms in total. The van der Waals surface area contributed by atoms with Crippen LogP contribution in [0, 0.1) is 0 Å².